The van der Waals surface area contributed by atoms with Crippen LogP contribution in [0.2, 0.25) is 0 Å². The van der Waals surface area contributed by atoms with E-state index in [9.17, 15) is 18.1 Å². The van der Waals surface area contributed by atoms with Crippen LogP contribution in [0.15, 0.2) is 53.4 Å². The lowest BCUT2D eigenvalue weighted by Crippen LogP contribution is -2.12. The van der Waals surface area contributed by atoms with E-state index in [1.165, 1.54) is 24.3 Å². The van der Waals surface area contributed by atoms with Crippen molar-refractivity contribution in [2.75, 3.05) is 0 Å². The van der Waals surface area contributed by atoms with Gasteiger partial charge in [0.05, 0.1) is 11.0 Å². The van der Waals surface area contributed by atoms with Gasteiger partial charge in [-0.25, -0.2) is 12.8 Å². The number of halogens is 1. The number of nitrogens with zero attached hydrogens (tertiary/aromatic N) is 1. The first-order valence-electron chi connectivity index (χ1n) is 5.91. The minimum Gasteiger partial charge on any atom is -0.222 e. The highest BCUT2D eigenvalue weighted by atomic mass is 32.2. The van der Waals surface area contributed by atoms with Gasteiger partial charge in [0.2, 0.25) is 0 Å². The van der Waals surface area contributed by atoms with Gasteiger partial charge in [0.25, 0.3) is 0 Å². The molecule has 2 aromatic rings. The van der Waals surface area contributed by atoms with Crippen LogP contribution in [-0.2, 0) is 9.84 Å². The number of rotatable bonds is 3. The minimum atomic E-state index is -3.82. The van der Waals surface area contributed by atoms with Crippen LogP contribution in [0.1, 0.15) is 16.4 Å². The Labute approximate surface area is 117 Å². The van der Waals surface area contributed by atoms with Gasteiger partial charge >= 0.3 is 0 Å². The second-order valence-corrected chi connectivity index (χ2v) is 6.45. The van der Waals surface area contributed by atoms with E-state index >= 15 is 0 Å². The summed E-state index contributed by atoms with van der Waals surface area (Å²) in [4.78, 5) is 0.0824. The van der Waals surface area contributed by atoms with E-state index in [4.69, 9.17) is 0 Å². The summed E-state index contributed by atoms with van der Waals surface area (Å²) < 4.78 is 37.8. The van der Waals surface area contributed by atoms with E-state index in [0.29, 0.717) is 0 Å². The first kappa shape index (κ1) is 14.2. The highest BCUT2D eigenvalue weighted by Gasteiger charge is 2.29. The van der Waals surface area contributed by atoms with Gasteiger partial charge in [-0.3, -0.25) is 0 Å². The predicted molar refractivity (Wildman–Crippen MR) is 73.1 cm³/mol. The first-order chi connectivity index (χ1) is 9.45. The topological polar surface area (TPSA) is 57.9 Å². The Kier molecular flexibility index (Phi) is 3.86. The molecule has 0 amide bonds. The molecule has 5 heteroatoms. The summed E-state index contributed by atoms with van der Waals surface area (Å²) >= 11 is 0. The molecule has 1 unspecified atom stereocenters. The average molecular weight is 289 g/mol. The third-order valence-electron chi connectivity index (χ3n) is 2.95. The SMILES string of the molecule is Cc1ccc(S(=O)(=O)C(C#N)c2ccc(F)cc2)cc1. The second kappa shape index (κ2) is 5.43. The molecule has 0 N–H and O–H groups in total. The zero-order valence-corrected chi connectivity index (χ0v) is 11.6. The Morgan fingerprint density at radius 1 is 1.05 bits per heavy atom. The first-order valence-corrected chi connectivity index (χ1v) is 7.45. The lowest BCUT2D eigenvalue weighted by atomic mass is 10.2. The predicted octanol–water partition coefficient (Wildman–Crippen LogP) is 3.17. The molecule has 0 bridgehead atoms. The Hall–Kier alpha value is -2.19. The van der Waals surface area contributed by atoms with Crippen LogP contribution in [0.3, 0.4) is 0 Å². The molecule has 0 radical (unpaired) electrons. The maximum atomic E-state index is 12.9. The van der Waals surface area contributed by atoms with Crippen LogP contribution in [-0.4, -0.2) is 8.42 Å². The van der Waals surface area contributed by atoms with Gasteiger partial charge in [0.15, 0.2) is 15.1 Å². The molecule has 0 heterocycles. The Morgan fingerprint density at radius 3 is 2.10 bits per heavy atom. The zero-order valence-electron chi connectivity index (χ0n) is 10.7. The van der Waals surface area contributed by atoms with Crippen LogP contribution in [0.5, 0.6) is 0 Å². The third-order valence-corrected chi connectivity index (χ3v) is 4.88. The zero-order chi connectivity index (χ0) is 14.8. The molecule has 2 rings (SSSR count). The van der Waals surface area contributed by atoms with Crippen LogP contribution < -0.4 is 0 Å². The van der Waals surface area contributed by atoms with Crippen molar-refractivity contribution >= 4 is 9.84 Å². The van der Waals surface area contributed by atoms with Gasteiger partial charge in [0.1, 0.15) is 5.82 Å². The van der Waals surface area contributed by atoms with Crippen LogP contribution >= 0.6 is 0 Å². The monoisotopic (exact) mass is 289 g/mol. The standard InChI is InChI=1S/C15H12FNO2S/c1-11-2-8-14(9-3-11)20(18,19)15(10-17)12-4-6-13(16)7-5-12/h2-9,15H,1H3. The lowest BCUT2D eigenvalue weighted by Gasteiger charge is -2.11. The lowest BCUT2D eigenvalue weighted by molar-refractivity contribution is 0.590. The normalized spacial score (nSPS) is 12.7. The van der Waals surface area contributed by atoms with E-state index in [1.807, 2.05) is 6.92 Å². The maximum Gasteiger partial charge on any atom is 0.198 e. The van der Waals surface area contributed by atoms with Crippen molar-refractivity contribution < 1.29 is 12.8 Å². The summed E-state index contributed by atoms with van der Waals surface area (Å²) in [5, 5.41) is 7.84. The summed E-state index contributed by atoms with van der Waals surface area (Å²) in [5.41, 5.74) is 1.19. The summed E-state index contributed by atoms with van der Waals surface area (Å²) in [5.74, 6) is -0.474. The van der Waals surface area contributed by atoms with Gasteiger partial charge in [-0.2, -0.15) is 5.26 Å². The number of hydrogen-bond donors (Lipinski definition) is 0. The van der Waals surface area contributed by atoms with Gasteiger partial charge in [-0.05, 0) is 36.8 Å². The number of aryl methyl sites for hydroxylation is 1. The summed E-state index contributed by atoms with van der Waals surface area (Å²) in [6.07, 6.45) is 0. The van der Waals surface area contributed by atoms with E-state index in [0.717, 1.165) is 17.7 Å². The van der Waals surface area contributed by atoms with Crippen molar-refractivity contribution in [1.82, 2.24) is 0 Å². The third kappa shape index (κ3) is 2.70. The van der Waals surface area contributed by atoms with Crippen molar-refractivity contribution in [3.8, 4) is 6.07 Å². The molecule has 0 saturated heterocycles. The second-order valence-electron chi connectivity index (χ2n) is 4.42. The largest absolute Gasteiger partial charge is 0.222 e. The summed E-state index contributed by atoms with van der Waals surface area (Å²) in [6.45, 7) is 1.85. The molecule has 3 nitrogen and oxygen atoms in total. The van der Waals surface area contributed by atoms with Crippen molar-refractivity contribution in [2.24, 2.45) is 0 Å². The summed E-state index contributed by atoms with van der Waals surface area (Å²) in [6, 6.07) is 13.0. The van der Waals surface area contributed by atoms with Gasteiger partial charge in [0, 0.05) is 0 Å². The van der Waals surface area contributed by atoms with Crippen molar-refractivity contribution in [2.45, 2.75) is 17.1 Å². The molecule has 0 aromatic heterocycles. The number of sulfone groups is 1. The number of benzene rings is 2. The van der Waals surface area contributed by atoms with Crippen LogP contribution in [0.25, 0.3) is 0 Å². The van der Waals surface area contributed by atoms with Crippen molar-refractivity contribution in [3.63, 3.8) is 0 Å². The molecule has 20 heavy (non-hydrogen) atoms. The quantitative estimate of drug-likeness (QED) is 0.872. The molecule has 0 aliphatic rings. The van der Waals surface area contributed by atoms with E-state index in [1.54, 1.807) is 18.2 Å². The molecule has 0 saturated carbocycles. The molecule has 0 fully saturated rings. The Bertz CT molecular complexity index is 744. The Morgan fingerprint density at radius 2 is 1.60 bits per heavy atom. The number of nitriles is 1. The molecular formula is C15H12FNO2S. The Balaban J connectivity index is 2.48. The van der Waals surface area contributed by atoms with Gasteiger partial charge < -0.3 is 0 Å². The van der Waals surface area contributed by atoms with Gasteiger partial charge in [-0.1, -0.05) is 29.8 Å². The highest BCUT2D eigenvalue weighted by molar-refractivity contribution is 7.92. The highest BCUT2D eigenvalue weighted by Crippen LogP contribution is 2.28. The molecule has 1 atom stereocenters. The fourth-order valence-corrected chi connectivity index (χ4v) is 3.27. The average Bonchev–Trinajstić information content (AvgIpc) is 2.42. The molecule has 0 aliphatic heterocycles. The molecule has 0 spiro atoms. The van der Waals surface area contributed by atoms with E-state index in [2.05, 4.69) is 0 Å². The maximum absolute atomic E-state index is 12.9. The van der Waals surface area contributed by atoms with E-state index in [-0.39, 0.29) is 10.5 Å². The van der Waals surface area contributed by atoms with Crippen molar-refractivity contribution in [3.05, 3.63) is 65.5 Å². The van der Waals surface area contributed by atoms with Crippen LogP contribution in [0.4, 0.5) is 4.39 Å². The fraction of sp³-hybridized carbons (Fsp3) is 0.133. The molecule has 0 aliphatic carbocycles. The van der Waals surface area contributed by atoms with Crippen molar-refractivity contribution in [1.29, 1.82) is 5.26 Å². The molecular weight excluding hydrogens is 277 g/mol. The molecule has 2 aromatic carbocycles. The summed E-state index contributed by atoms with van der Waals surface area (Å²) in [7, 11) is -3.82. The van der Waals surface area contributed by atoms with Gasteiger partial charge in [-0.15, -0.1) is 0 Å². The smallest absolute Gasteiger partial charge is 0.198 e. The van der Waals surface area contributed by atoms with E-state index < -0.39 is 20.9 Å². The minimum absolute atomic E-state index is 0.0824. The number of hydrogen-bond acceptors (Lipinski definition) is 3. The van der Waals surface area contributed by atoms with Crippen LogP contribution in [0, 0.1) is 24.1 Å². The molecule has 102 valence electrons. The fourth-order valence-electron chi connectivity index (χ4n) is 1.82.